The molecule has 22 heavy (non-hydrogen) atoms. The van der Waals surface area contributed by atoms with Gasteiger partial charge in [0, 0.05) is 24.8 Å². The third kappa shape index (κ3) is 3.17. The minimum atomic E-state index is -2.96. The van der Waals surface area contributed by atoms with Crippen LogP contribution in [0.25, 0.3) is 0 Å². The van der Waals surface area contributed by atoms with Crippen LogP contribution >= 0.6 is 0 Å². The van der Waals surface area contributed by atoms with Gasteiger partial charge in [-0.3, -0.25) is 9.69 Å². The molecule has 122 valence electrons. The average molecular weight is 326 g/mol. The standard InChI is InChI=1S/C14H22N4O3S/c1-10-11(2)18-5-4-17(7-13(18)15-10)8-14(19)16-12-3-6-22(20,21)9-12/h12H,3-9H2,1-2H3,(H,16,19)/t12-/m1/s1. The SMILES string of the molecule is Cc1nc2n(c1C)CCN(CC(=O)N[C@@H]1CCS(=O)(=O)C1)C2. The lowest BCUT2D eigenvalue weighted by Gasteiger charge is -2.28. The molecule has 0 unspecified atom stereocenters. The fourth-order valence-electron chi connectivity index (χ4n) is 3.18. The lowest BCUT2D eigenvalue weighted by molar-refractivity contribution is -0.123. The van der Waals surface area contributed by atoms with Gasteiger partial charge in [0.25, 0.3) is 0 Å². The van der Waals surface area contributed by atoms with Crippen molar-refractivity contribution in [3.63, 3.8) is 0 Å². The highest BCUT2D eigenvalue weighted by molar-refractivity contribution is 7.91. The van der Waals surface area contributed by atoms with Crippen molar-refractivity contribution in [3.05, 3.63) is 17.2 Å². The molecule has 1 fully saturated rings. The summed E-state index contributed by atoms with van der Waals surface area (Å²) < 4.78 is 25.0. The molecule has 7 nitrogen and oxygen atoms in total. The van der Waals surface area contributed by atoms with Crippen LogP contribution in [0.15, 0.2) is 0 Å². The smallest absolute Gasteiger partial charge is 0.234 e. The number of rotatable bonds is 3. The second kappa shape index (κ2) is 5.66. The Kier molecular flexibility index (Phi) is 3.98. The van der Waals surface area contributed by atoms with Crippen LogP contribution in [0.4, 0.5) is 0 Å². The first kappa shape index (κ1) is 15.5. The molecule has 0 aromatic carbocycles. The number of fused-ring (bicyclic) bond motifs is 1. The van der Waals surface area contributed by atoms with Crippen LogP contribution in [-0.2, 0) is 27.7 Å². The van der Waals surface area contributed by atoms with E-state index in [0.29, 0.717) is 19.5 Å². The average Bonchev–Trinajstić information content (AvgIpc) is 2.90. The second-order valence-corrected chi connectivity index (χ2v) is 8.46. The molecule has 1 saturated heterocycles. The predicted octanol–water partition coefficient (Wildman–Crippen LogP) is -0.381. The van der Waals surface area contributed by atoms with Gasteiger partial charge in [-0.15, -0.1) is 0 Å². The van der Waals surface area contributed by atoms with Crippen LogP contribution in [0.1, 0.15) is 23.6 Å². The van der Waals surface area contributed by atoms with Gasteiger partial charge < -0.3 is 9.88 Å². The molecule has 2 aliphatic rings. The number of aryl methyl sites for hydroxylation is 1. The molecule has 0 spiro atoms. The molecular formula is C14H22N4O3S. The molecule has 0 bridgehead atoms. The number of hydrogen-bond donors (Lipinski definition) is 1. The Morgan fingerprint density at radius 3 is 2.82 bits per heavy atom. The van der Waals surface area contributed by atoms with E-state index in [0.717, 1.165) is 24.6 Å². The monoisotopic (exact) mass is 326 g/mol. The molecule has 1 atom stereocenters. The Balaban J connectivity index is 1.55. The lowest BCUT2D eigenvalue weighted by Crippen LogP contribution is -2.44. The Labute approximate surface area is 130 Å². The highest BCUT2D eigenvalue weighted by Gasteiger charge is 2.29. The van der Waals surface area contributed by atoms with Crippen LogP contribution in [0, 0.1) is 13.8 Å². The molecule has 1 N–H and O–H groups in total. The van der Waals surface area contributed by atoms with Crippen molar-refractivity contribution in [2.75, 3.05) is 24.6 Å². The fourth-order valence-corrected chi connectivity index (χ4v) is 4.86. The number of carbonyl (C=O) groups is 1. The fraction of sp³-hybridized carbons (Fsp3) is 0.714. The first-order valence-electron chi connectivity index (χ1n) is 7.59. The number of sulfone groups is 1. The zero-order valence-corrected chi connectivity index (χ0v) is 13.8. The second-order valence-electron chi connectivity index (χ2n) is 6.23. The van der Waals surface area contributed by atoms with Crippen LogP contribution in [0.5, 0.6) is 0 Å². The Hall–Kier alpha value is -1.41. The quantitative estimate of drug-likeness (QED) is 0.818. The van der Waals surface area contributed by atoms with E-state index >= 15 is 0 Å². The van der Waals surface area contributed by atoms with Crippen LogP contribution < -0.4 is 5.32 Å². The molecule has 3 heterocycles. The molecule has 0 aliphatic carbocycles. The maximum Gasteiger partial charge on any atom is 0.234 e. The number of imidazole rings is 1. The highest BCUT2D eigenvalue weighted by atomic mass is 32.2. The van der Waals surface area contributed by atoms with Gasteiger partial charge in [-0.05, 0) is 20.3 Å². The lowest BCUT2D eigenvalue weighted by atomic mass is 10.2. The maximum absolute atomic E-state index is 12.1. The van der Waals surface area contributed by atoms with E-state index in [1.165, 1.54) is 5.69 Å². The molecule has 1 amide bonds. The van der Waals surface area contributed by atoms with Gasteiger partial charge in [0.1, 0.15) is 5.82 Å². The topological polar surface area (TPSA) is 84.3 Å². The van der Waals surface area contributed by atoms with E-state index in [1.807, 2.05) is 6.92 Å². The van der Waals surface area contributed by atoms with Crippen molar-refractivity contribution in [2.45, 2.75) is 39.4 Å². The first-order valence-corrected chi connectivity index (χ1v) is 9.41. The molecule has 0 radical (unpaired) electrons. The van der Waals surface area contributed by atoms with E-state index in [-0.39, 0.29) is 23.5 Å². The van der Waals surface area contributed by atoms with Crippen LogP contribution in [-0.4, -0.2) is 59.4 Å². The highest BCUT2D eigenvalue weighted by Crippen LogP contribution is 2.17. The number of carbonyl (C=O) groups excluding carboxylic acids is 1. The van der Waals surface area contributed by atoms with Gasteiger partial charge in [0.2, 0.25) is 5.91 Å². The van der Waals surface area contributed by atoms with Gasteiger partial charge in [-0.1, -0.05) is 0 Å². The number of aromatic nitrogens is 2. The Morgan fingerprint density at radius 2 is 2.14 bits per heavy atom. The summed E-state index contributed by atoms with van der Waals surface area (Å²) in [6, 6.07) is -0.228. The number of hydrogen-bond acceptors (Lipinski definition) is 5. The Bertz CT molecular complexity index is 695. The van der Waals surface area contributed by atoms with E-state index < -0.39 is 9.84 Å². The summed E-state index contributed by atoms with van der Waals surface area (Å²) in [5, 5.41) is 2.84. The summed E-state index contributed by atoms with van der Waals surface area (Å²) in [7, 11) is -2.96. The predicted molar refractivity (Wildman–Crippen MR) is 82.2 cm³/mol. The maximum atomic E-state index is 12.1. The molecule has 1 aromatic rings. The summed E-state index contributed by atoms with van der Waals surface area (Å²) in [6.45, 7) is 6.66. The minimum Gasteiger partial charge on any atom is -0.351 e. The summed E-state index contributed by atoms with van der Waals surface area (Å²) >= 11 is 0. The number of amides is 1. The summed E-state index contributed by atoms with van der Waals surface area (Å²) in [4.78, 5) is 18.7. The van der Waals surface area contributed by atoms with Gasteiger partial charge >= 0.3 is 0 Å². The summed E-state index contributed by atoms with van der Waals surface area (Å²) in [5.74, 6) is 1.15. The molecular weight excluding hydrogens is 304 g/mol. The molecule has 8 heteroatoms. The normalized spacial score (nSPS) is 24.2. The van der Waals surface area contributed by atoms with Gasteiger partial charge in [-0.2, -0.15) is 0 Å². The molecule has 1 aromatic heterocycles. The molecule has 2 aliphatic heterocycles. The number of nitrogens with one attached hydrogen (secondary N) is 1. The third-order valence-corrected chi connectivity index (χ3v) is 6.27. The molecule has 0 saturated carbocycles. The Morgan fingerprint density at radius 1 is 1.36 bits per heavy atom. The van der Waals surface area contributed by atoms with Crippen molar-refractivity contribution >= 4 is 15.7 Å². The third-order valence-electron chi connectivity index (χ3n) is 4.51. The zero-order chi connectivity index (χ0) is 15.9. The largest absolute Gasteiger partial charge is 0.351 e. The van der Waals surface area contributed by atoms with E-state index in [2.05, 4.69) is 26.7 Å². The van der Waals surface area contributed by atoms with E-state index in [4.69, 9.17) is 0 Å². The minimum absolute atomic E-state index is 0.0710. The van der Waals surface area contributed by atoms with Crippen molar-refractivity contribution in [2.24, 2.45) is 0 Å². The van der Waals surface area contributed by atoms with Crippen molar-refractivity contribution in [1.29, 1.82) is 0 Å². The summed E-state index contributed by atoms with van der Waals surface area (Å²) in [6.07, 6.45) is 0.525. The first-order chi connectivity index (χ1) is 10.3. The van der Waals surface area contributed by atoms with Gasteiger partial charge in [0.15, 0.2) is 9.84 Å². The van der Waals surface area contributed by atoms with Crippen molar-refractivity contribution in [3.8, 4) is 0 Å². The van der Waals surface area contributed by atoms with Crippen LogP contribution in [0.3, 0.4) is 0 Å². The van der Waals surface area contributed by atoms with Crippen molar-refractivity contribution < 1.29 is 13.2 Å². The van der Waals surface area contributed by atoms with Crippen LogP contribution in [0.2, 0.25) is 0 Å². The number of nitrogens with zero attached hydrogens (tertiary/aromatic N) is 3. The van der Waals surface area contributed by atoms with Crippen molar-refractivity contribution in [1.82, 2.24) is 19.8 Å². The zero-order valence-electron chi connectivity index (χ0n) is 13.0. The van der Waals surface area contributed by atoms with Gasteiger partial charge in [-0.25, -0.2) is 13.4 Å². The van der Waals surface area contributed by atoms with Gasteiger partial charge in [0.05, 0.1) is 30.3 Å². The summed E-state index contributed by atoms with van der Waals surface area (Å²) in [5.41, 5.74) is 2.23. The molecule has 3 rings (SSSR count). The van der Waals surface area contributed by atoms with E-state index in [9.17, 15) is 13.2 Å². The van der Waals surface area contributed by atoms with E-state index in [1.54, 1.807) is 0 Å².